The van der Waals surface area contributed by atoms with E-state index in [0.29, 0.717) is 0 Å². The van der Waals surface area contributed by atoms with Gasteiger partial charge in [0.2, 0.25) is 0 Å². The van der Waals surface area contributed by atoms with Crippen LogP contribution in [0.4, 0.5) is 11.4 Å². The molecule has 0 bridgehead atoms. The SMILES string of the molecule is C\C=C/C(=C\c1ccccc1)C(=C\CC)/C=C(\CCC)c1ccc(-c2ccc(Nc3ccc(-c4cccc(-c5ccccc5)c4)cc3)cc2)cc1. The summed E-state index contributed by atoms with van der Waals surface area (Å²) in [4.78, 5) is 0. The molecular weight excluding hydrogens is 615 g/mol. The van der Waals surface area contributed by atoms with Gasteiger partial charge in [0.25, 0.3) is 0 Å². The lowest BCUT2D eigenvalue weighted by molar-refractivity contribution is 0.972. The van der Waals surface area contributed by atoms with E-state index in [-0.39, 0.29) is 0 Å². The summed E-state index contributed by atoms with van der Waals surface area (Å²) >= 11 is 0. The lowest BCUT2D eigenvalue weighted by Gasteiger charge is -2.13. The summed E-state index contributed by atoms with van der Waals surface area (Å²) in [5.41, 5.74) is 15.8. The second-order valence-corrected chi connectivity index (χ2v) is 12.8. The first-order chi connectivity index (χ1) is 25.1. The molecule has 0 fully saturated rings. The first-order valence-electron chi connectivity index (χ1n) is 18.2. The normalized spacial score (nSPS) is 12.3. The Morgan fingerprint density at radius 3 is 1.59 bits per heavy atom. The number of hydrogen-bond acceptors (Lipinski definition) is 1. The van der Waals surface area contributed by atoms with Gasteiger partial charge in [0.05, 0.1) is 0 Å². The Kier molecular flexibility index (Phi) is 12.1. The van der Waals surface area contributed by atoms with Crippen molar-refractivity contribution in [3.8, 4) is 33.4 Å². The van der Waals surface area contributed by atoms with Crippen LogP contribution in [0, 0.1) is 0 Å². The van der Waals surface area contributed by atoms with E-state index in [1.165, 1.54) is 61.2 Å². The zero-order valence-corrected chi connectivity index (χ0v) is 30.0. The molecule has 1 N–H and O–H groups in total. The average molecular weight is 662 g/mol. The van der Waals surface area contributed by atoms with Crippen LogP contribution < -0.4 is 5.32 Å². The van der Waals surface area contributed by atoms with E-state index >= 15 is 0 Å². The van der Waals surface area contributed by atoms with Crippen LogP contribution in [0.25, 0.3) is 45.0 Å². The molecule has 0 aliphatic rings. The van der Waals surface area contributed by atoms with Crippen molar-refractivity contribution in [3.63, 3.8) is 0 Å². The highest BCUT2D eigenvalue weighted by Gasteiger charge is 2.08. The van der Waals surface area contributed by atoms with Gasteiger partial charge in [0, 0.05) is 11.4 Å². The van der Waals surface area contributed by atoms with E-state index in [4.69, 9.17) is 0 Å². The third-order valence-electron chi connectivity index (χ3n) is 9.02. The Labute approximate surface area is 305 Å². The van der Waals surface area contributed by atoms with E-state index < -0.39 is 0 Å². The molecule has 1 nitrogen and oxygen atoms in total. The van der Waals surface area contributed by atoms with Crippen LogP contribution in [0.1, 0.15) is 51.2 Å². The van der Waals surface area contributed by atoms with E-state index in [2.05, 4.69) is 214 Å². The summed E-state index contributed by atoms with van der Waals surface area (Å²) in [5, 5.41) is 3.58. The summed E-state index contributed by atoms with van der Waals surface area (Å²) in [6.07, 6.45) is 14.5. The molecule has 6 rings (SSSR count). The quantitative estimate of drug-likeness (QED) is 0.121. The first-order valence-corrected chi connectivity index (χ1v) is 18.2. The molecule has 0 aromatic heterocycles. The highest BCUT2D eigenvalue weighted by atomic mass is 14.9. The largest absolute Gasteiger partial charge is 0.356 e. The Balaban J connectivity index is 1.15. The van der Waals surface area contributed by atoms with Crippen LogP contribution in [0.5, 0.6) is 0 Å². The van der Waals surface area contributed by atoms with Gasteiger partial charge >= 0.3 is 0 Å². The van der Waals surface area contributed by atoms with Gasteiger partial charge in [-0.05, 0) is 117 Å². The Morgan fingerprint density at radius 1 is 0.529 bits per heavy atom. The molecule has 0 atom stereocenters. The minimum Gasteiger partial charge on any atom is -0.356 e. The number of benzene rings is 6. The Morgan fingerprint density at radius 2 is 1.04 bits per heavy atom. The van der Waals surface area contributed by atoms with Crippen molar-refractivity contribution in [2.75, 3.05) is 5.32 Å². The van der Waals surface area contributed by atoms with Gasteiger partial charge in [0.1, 0.15) is 0 Å². The summed E-state index contributed by atoms with van der Waals surface area (Å²) < 4.78 is 0. The lowest BCUT2D eigenvalue weighted by atomic mass is 9.93. The van der Waals surface area contributed by atoms with Crippen molar-refractivity contribution in [1.29, 1.82) is 0 Å². The number of rotatable bonds is 13. The van der Waals surface area contributed by atoms with Crippen molar-refractivity contribution >= 4 is 23.0 Å². The summed E-state index contributed by atoms with van der Waals surface area (Å²) in [6.45, 7) is 6.56. The van der Waals surface area contributed by atoms with Crippen LogP contribution >= 0.6 is 0 Å². The monoisotopic (exact) mass is 661 g/mol. The molecule has 6 aromatic rings. The first kappa shape index (κ1) is 34.9. The molecule has 6 aromatic carbocycles. The van der Waals surface area contributed by atoms with Crippen molar-refractivity contribution < 1.29 is 0 Å². The maximum atomic E-state index is 3.58. The maximum absolute atomic E-state index is 3.58. The van der Waals surface area contributed by atoms with Crippen LogP contribution in [0.15, 0.2) is 193 Å². The predicted molar refractivity (Wildman–Crippen MR) is 223 cm³/mol. The van der Waals surface area contributed by atoms with Gasteiger partial charge in [-0.1, -0.05) is 172 Å². The topological polar surface area (TPSA) is 12.0 Å². The molecule has 0 aliphatic carbocycles. The van der Waals surface area contributed by atoms with E-state index in [1.807, 2.05) is 0 Å². The zero-order valence-electron chi connectivity index (χ0n) is 30.0. The number of hydrogen-bond donors (Lipinski definition) is 1. The molecule has 1 heteroatoms. The highest BCUT2D eigenvalue weighted by Crippen LogP contribution is 2.31. The minimum atomic E-state index is 0.980. The van der Waals surface area contributed by atoms with Gasteiger partial charge in [0.15, 0.2) is 0 Å². The van der Waals surface area contributed by atoms with E-state index in [1.54, 1.807) is 0 Å². The van der Waals surface area contributed by atoms with Crippen molar-refractivity contribution in [2.24, 2.45) is 0 Å². The molecule has 0 amide bonds. The summed E-state index contributed by atoms with van der Waals surface area (Å²) in [5.74, 6) is 0. The van der Waals surface area contributed by atoms with Gasteiger partial charge in [-0.2, -0.15) is 0 Å². The van der Waals surface area contributed by atoms with Crippen LogP contribution in [0.2, 0.25) is 0 Å². The van der Waals surface area contributed by atoms with Crippen LogP contribution in [-0.2, 0) is 0 Å². The van der Waals surface area contributed by atoms with Gasteiger partial charge < -0.3 is 5.32 Å². The second kappa shape index (κ2) is 17.7. The fourth-order valence-electron chi connectivity index (χ4n) is 6.42. The fourth-order valence-corrected chi connectivity index (χ4v) is 6.42. The van der Waals surface area contributed by atoms with E-state index in [0.717, 1.165) is 30.6 Å². The highest BCUT2D eigenvalue weighted by molar-refractivity contribution is 5.77. The molecule has 0 unspecified atom stereocenters. The molecule has 0 radical (unpaired) electrons. The predicted octanol–water partition coefficient (Wildman–Crippen LogP) is 14.6. The smallest absolute Gasteiger partial charge is 0.0384 e. The molecule has 0 spiro atoms. The summed E-state index contributed by atoms with van der Waals surface area (Å²) in [7, 11) is 0. The third kappa shape index (κ3) is 9.41. The molecular formula is C50H47N. The molecule has 0 heterocycles. The molecule has 252 valence electrons. The van der Waals surface area contributed by atoms with Crippen LogP contribution in [-0.4, -0.2) is 0 Å². The standard InChI is InChI=1S/C50H47N/c1-4-14-44(35-38-17-9-7-10-18-38)46(16-6-3)36-45(15-5-2)42-25-23-40(24-26-42)41-27-31-49(32-28-41)51-50-33-29-43(30-34-50)48-22-13-21-47(37-48)39-19-11-8-12-20-39/h4,7-14,16-37,51H,5-6,15H2,1-3H3/b14-4-,44-35+,45-36+,46-16-. The summed E-state index contributed by atoms with van der Waals surface area (Å²) in [6, 6.07) is 56.3. The van der Waals surface area contributed by atoms with Gasteiger partial charge in [-0.15, -0.1) is 0 Å². The van der Waals surface area contributed by atoms with Crippen molar-refractivity contribution in [2.45, 2.75) is 40.0 Å². The Bertz CT molecular complexity index is 2110. The average Bonchev–Trinajstić information content (AvgIpc) is 3.19. The molecule has 0 saturated carbocycles. The zero-order chi connectivity index (χ0) is 35.3. The van der Waals surface area contributed by atoms with Crippen LogP contribution in [0.3, 0.4) is 0 Å². The van der Waals surface area contributed by atoms with Gasteiger partial charge in [-0.3, -0.25) is 0 Å². The molecule has 0 aliphatic heterocycles. The second-order valence-electron chi connectivity index (χ2n) is 12.8. The fraction of sp³-hybridized carbons (Fsp3) is 0.120. The van der Waals surface area contributed by atoms with Crippen molar-refractivity contribution in [1.82, 2.24) is 0 Å². The number of nitrogens with one attached hydrogen (secondary N) is 1. The molecule has 0 saturated heterocycles. The molecule has 51 heavy (non-hydrogen) atoms. The lowest BCUT2D eigenvalue weighted by Crippen LogP contribution is -1.91. The Hall–Kier alpha value is -5.92. The third-order valence-corrected chi connectivity index (χ3v) is 9.02. The number of anilines is 2. The number of allylic oxidation sites excluding steroid dienone is 7. The van der Waals surface area contributed by atoms with Gasteiger partial charge in [-0.25, -0.2) is 0 Å². The maximum Gasteiger partial charge on any atom is 0.0384 e. The minimum absolute atomic E-state index is 0.980. The van der Waals surface area contributed by atoms with E-state index in [9.17, 15) is 0 Å². The van der Waals surface area contributed by atoms with Crippen molar-refractivity contribution in [3.05, 3.63) is 204 Å².